The Morgan fingerprint density at radius 2 is 2.20 bits per heavy atom. The maximum Gasteiger partial charge on any atom is 0.278 e. The topological polar surface area (TPSA) is 77.0 Å². The van der Waals surface area contributed by atoms with Crippen molar-refractivity contribution in [3.05, 3.63) is 46.6 Å². The van der Waals surface area contributed by atoms with Gasteiger partial charge in [-0.1, -0.05) is 29.7 Å². The van der Waals surface area contributed by atoms with Crippen LogP contribution in [0, 0.1) is 0 Å². The summed E-state index contributed by atoms with van der Waals surface area (Å²) in [5.74, 6) is 0.886. The van der Waals surface area contributed by atoms with Crippen LogP contribution >= 0.6 is 11.6 Å². The zero-order valence-corrected chi connectivity index (χ0v) is 14.6. The standard InChI is InChI=1S/C17H16ClN5O2/c1-3-5-13-20-16(25-21-13)15-12-8-22(2)17(24)14-10(18)6-4-7-11(14)23(12)9-19-15/h4,6-7,9H,3,5,8H2,1-2H3. The van der Waals surface area contributed by atoms with E-state index in [1.807, 2.05) is 16.7 Å². The average Bonchev–Trinajstić information content (AvgIpc) is 3.19. The first-order valence-corrected chi connectivity index (χ1v) is 8.41. The van der Waals surface area contributed by atoms with Crippen LogP contribution in [0.3, 0.4) is 0 Å². The van der Waals surface area contributed by atoms with E-state index >= 15 is 0 Å². The molecule has 7 nitrogen and oxygen atoms in total. The number of hydrogen-bond donors (Lipinski definition) is 0. The van der Waals surface area contributed by atoms with Gasteiger partial charge in [-0.3, -0.25) is 9.36 Å². The lowest BCUT2D eigenvalue weighted by atomic mass is 10.1. The largest absolute Gasteiger partial charge is 0.336 e. The summed E-state index contributed by atoms with van der Waals surface area (Å²) in [6, 6.07) is 5.38. The number of benzene rings is 1. The Hall–Kier alpha value is -2.67. The Labute approximate surface area is 149 Å². The molecule has 0 spiro atoms. The van der Waals surface area contributed by atoms with Crippen molar-refractivity contribution in [3.8, 4) is 17.3 Å². The molecule has 8 heteroatoms. The van der Waals surface area contributed by atoms with Gasteiger partial charge >= 0.3 is 0 Å². The third kappa shape index (κ3) is 2.51. The molecule has 0 radical (unpaired) electrons. The molecule has 1 aromatic carbocycles. The molecule has 1 amide bonds. The lowest BCUT2D eigenvalue weighted by Gasteiger charge is -2.14. The highest BCUT2D eigenvalue weighted by Gasteiger charge is 2.29. The lowest BCUT2D eigenvalue weighted by Crippen LogP contribution is -2.25. The number of halogens is 1. The van der Waals surface area contributed by atoms with Crippen LogP contribution < -0.4 is 0 Å². The first-order chi connectivity index (χ1) is 12.1. The second-order valence-electron chi connectivity index (χ2n) is 5.97. The zero-order valence-electron chi connectivity index (χ0n) is 13.9. The Kier molecular flexibility index (Phi) is 3.80. The van der Waals surface area contributed by atoms with Gasteiger partial charge in [0.1, 0.15) is 6.33 Å². The average molecular weight is 358 g/mol. The summed E-state index contributed by atoms with van der Waals surface area (Å²) in [6.45, 7) is 2.42. The van der Waals surface area contributed by atoms with Gasteiger partial charge in [-0.05, 0) is 18.6 Å². The highest BCUT2D eigenvalue weighted by Crippen LogP contribution is 2.32. The Bertz CT molecular complexity index is 962. The van der Waals surface area contributed by atoms with E-state index < -0.39 is 0 Å². The molecule has 0 aliphatic carbocycles. The number of amides is 1. The van der Waals surface area contributed by atoms with E-state index in [0.29, 0.717) is 40.2 Å². The highest BCUT2D eigenvalue weighted by molar-refractivity contribution is 6.34. The number of hydrogen-bond acceptors (Lipinski definition) is 5. The van der Waals surface area contributed by atoms with Crippen LogP contribution in [0.2, 0.25) is 5.02 Å². The molecule has 3 aromatic rings. The maximum absolute atomic E-state index is 12.7. The molecule has 0 N–H and O–H groups in total. The number of carbonyl (C=O) groups is 1. The molecule has 1 aliphatic rings. The van der Waals surface area contributed by atoms with Crippen LogP contribution in [0.5, 0.6) is 0 Å². The molecular weight excluding hydrogens is 342 g/mol. The van der Waals surface area contributed by atoms with E-state index in [4.69, 9.17) is 16.1 Å². The summed E-state index contributed by atoms with van der Waals surface area (Å²) in [7, 11) is 1.73. The first kappa shape index (κ1) is 15.8. The fourth-order valence-electron chi connectivity index (χ4n) is 3.00. The lowest BCUT2D eigenvalue weighted by molar-refractivity contribution is 0.0788. The molecule has 25 heavy (non-hydrogen) atoms. The molecule has 3 heterocycles. The van der Waals surface area contributed by atoms with Gasteiger partial charge in [0.15, 0.2) is 11.5 Å². The minimum absolute atomic E-state index is 0.132. The van der Waals surface area contributed by atoms with Crippen LogP contribution in [0.25, 0.3) is 17.3 Å². The van der Waals surface area contributed by atoms with Crippen molar-refractivity contribution >= 4 is 17.5 Å². The predicted octanol–water partition coefficient (Wildman–Crippen LogP) is 3.11. The number of aromatic nitrogens is 4. The van der Waals surface area contributed by atoms with Gasteiger partial charge < -0.3 is 9.42 Å². The fourth-order valence-corrected chi connectivity index (χ4v) is 3.25. The number of carbonyl (C=O) groups excluding carboxylic acids is 1. The Morgan fingerprint density at radius 3 is 3.00 bits per heavy atom. The normalized spacial score (nSPS) is 13.6. The SMILES string of the molecule is CCCc1noc(-c2ncn3c2CN(C)C(=O)c2c(Cl)cccc2-3)n1. The van der Waals surface area contributed by atoms with E-state index in [0.717, 1.165) is 18.5 Å². The monoisotopic (exact) mass is 357 g/mol. The van der Waals surface area contributed by atoms with Gasteiger partial charge in [-0.2, -0.15) is 4.98 Å². The molecule has 128 valence electrons. The molecule has 2 aromatic heterocycles. The molecule has 4 rings (SSSR count). The summed E-state index contributed by atoms with van der Waals surface area (Å²) >= 11 is 6.28. The van der Waals surface area contributed by atoms with Crippen molar-refractivity contribution in [1.29, 1.82) is 0 Å². The fraction of sp³-hybridized carbons (Fsp3) is 0.294. The summed E-state index contributed by atoms with van der Waals surface area (Å²) in [4.78, 5) is 23.2. The zero-order chi connectivity index (χ0) is 17.6. The van der Waals surface area contributed by atoms with Crippen molar-refractivity contribution in [2.45, 2.75) is 26.3 Å². The molecular formula is C17H16ClN5O2. The Morgan fingerprint density at radius 1 is 1.36 bits per heavy atom. The van der Waals surface area contributed by atoms with Crippen LogP contribution in [-0.4, -0.2) is 37.5 Å². The highest BCUT2D eigenvalue weighted by atomic mass is 35.5. The van der Waals surface area contributed by atoms with Gasteiger partial charge in [-0.15, -0.1) is 0 Å². The molecule has 0 fully saturated rings. The van der Waals surface area contributed by atoms with E-state index in [1.54, 1.807) is 24.3 Å². The summed E-state index contributed by atoms with van der Waals surface area (Å²) in [5.41, 5.74) is 2.56. The van der Waals surface area contributed by atoms with Crippen LogP contribution in [0.15, 0.2) is 29.0 Å². The minimum Gasteiger partial charge on any atom is -0.336 e. The third-order valence-corrected chi connectivity index (χ3v) is 4.52. The number of imidazole rings is 1. The molecule has 1 aliphatic heterocycles. The van der Waals surface area contributed by atoms with Crippen LogP contribution in [-0.2, 0) is 13.0 Å². The summed E-state index contributed by atoms with van der Waals surface area (Å²) < 4.78 is 7.24. The molecule has 0 saturated carbocycles. The van der Waals surface area contributed by atoms with Gasteiger partial charge in [0, 0.05) is 13.5 Å². The van der Waals surface area contributed by atoms with E-state index in [2.05, 4.69) is 22.0 Å². The number of fused-ring (bicyclic) bond motifs is 3. The molecule has 0 saturated heterocycles. The van der Waals surface area contributed by atoms with Crippen molar-refractivity contribution in [2.24, 2.45) is 0 Å². The van der Waals surface area contributed by atoms with E-state index in [-0.39, 0.29) is 5.91 Å². The van der Waals surface area contributed by atoms with Gasteiger partial charge in [0.2, 0.25) is 0 Å². The second-order valence-corrected chi connectivity index (χ2v) is 6.38. The predicted molar refractivity (Wildman–Crippen MR) is 91.7 cm³/mol. The number of aryl methyl sites for hydroxylation is 1. The third-order valence-electron chi connectivity index (χ3n) is 4.21. The van der Waals surface area contributed by atoms with Crippen molar-refractivity contribution < 1.29 is 9.32 Å². The summed E-state index contributed by atoms with van der Waals surface area (Å²) in [5, 5.41) is 4.41. The quantitative estimate of drug-likeness (QED) is 0.719. The summed E-state index contributed by atoms with van der Waals surface area (Å²) in [6.07, 6.45) is 3.34. The van der Waals surface area contributed by atoms with Crippen molar-refractivity contribution in [1.82, 2.24) is 24.6 Å². The van der Waals surface area contributed by atoms with E-state index in [9.17, 15) is 4.79 Å². The van der Waals surface area contributed by atoms with Gasteiger partial charge in [0.25, 0.3) is 11.8 Å². The smallest absolute Gasteiger partial charge is 0.278 e. The number of nitrogens with zero attached hydrogens (tertiary/aromatic N) is 5. The maximum atomic E-state index is 12.7. The van der Waals surface area contributed by atoms with Gasteiger partial charge in [-0.25, -0.2) is 4.98 Å². The van der Waals surface area contributed by atoms with Crippen LogP contribution in [0.4, 0.5) is 0 Å². The molecule has 0 atom stereocenters. The first-order valence-electron chi connectivity index (χ1n) is 8.03. The minimum atomic E-state index is -0.132. The van der Waals surface area contributed by atoms with Crippen molar-refractivity contribution in [2.75, 3.05) is 7.05 Å². The van der Waals surface area contributed by atoms with E-state index in [1.165, 1.54) is 0 Å². The van der Waals surface area contributed by atoms with Crippen LogP contribution in [0.1, 0.15) is 35.2 Å². The molecule has 0 bridgehead atoms. The molecule has 0 unspecified atom stereocenters. The number of rotatable bonds is 3. The van der Waals surface area contributed by atoms with Crippen molar-refractivity contribution in [3.63, 3.8) is 0 Å². The second kappa shape index (κ2) is 6.00. The Balaban J connectivity index is 1.88. The van der Waals surface area contributed by atoms with Gasteiger partial charge in [0.05, 0.1) is 28.5 Å².